The second kappa shape index (κ2) is 4.28. The minimum absolute atomic E-state index is 0.378. The second-order valence-electron chi connectivity index (χ2n) is 2.90. The first kappa shape index (κ1) is 10.1. The highest BCUT2D eigenvalue weighted by atomic mass is 16.6. The van der Waals surface area contributed by atoms with Crippen molar-refractivity contribution in [1.29, 1.82) is 5.26 Å². The van der Waals surface area contributed by atoms with E-state index in [0.717, 1.165) is 0 Å². The van der Waals surface area contributed by atoms with Gasteiger partial charge in [-0.25, -0.2) is 4.79 Å². The van der Waals surface area contributed by atoms with Crippen molar-refractivity contribution in [2.45, 2.75) is 0 Å². The zero-order chi connectivity index (χ0) is 10.6. The number of carbonyl (C=O) groups excluding carboxylic acids is 1. The molecule has 0 bridgehead atoms. The van der Waals surface area contributed by atoms with E-state index >= 15 is 0 Å². The van der Waals surface area contributed by atoms with Gasteiger partial charge in [0.2, 0.25) is 0 Å². The smallest absolute Gasteiger partial charge is 0.410 e. The fraction of sp³-hybridized carbons (Fsp3) is 0.200. The fourth-order valence-corrected chi connectivity index (χ4v) is 0.821. The van der Waals surface area contributed by atoms with Crippen LogP contribution in [0.1, 0.15) is 5.56 Å². The molecule has 0 aliphatic carbocycles. The summed E-state index contributed by atoms with van der Waals surface area (Å²) >= 11 is 0. The number of hydrogen-bond acceptors (Lipinski definition) is 3. The van der Waals surface area contributed by atoms with Crippen LogP contribution in [0.5, 0.6) is 5.75 Å². The quantitative estimate of drug-likeness (QED) is 0.676. The molecule has 1 aromatic carbocycles. The molecule has 1 amide bonds. The number of hydrogen-bond donors (Lipinski definition) is 0. The highest BCUT2D eigenvalue weighted by Crippen LogP contribution is 2.13. The van der Waals surface area contributed by atoms with E-state index in [9.17, 15) is 4.79 Å². The van der Waals surface area contributed by atoms with Gasteiger partial charge in [-0.2, -0.15) is 5.26 Å². The van der Waals surface area contributed by atoms with Crippen molar-refractivity contribution >= 4 is 6.09 Å². The summed E-state index contributed by atoms with van der Waals surface area (Å²) in [5.74, 6) is 0.378. The van der Waals surface area contributed by atoms with Crippen LogP contribution in [0, 0.1) is 11.3 Å². The Morgan fingerprint density at radius 3 is 2.79 bits per heavy atom. The number of nitrogens with zero attached hydrogens (tertiary/aromatic N) is 2. The molecular formula is C10H10N2O2. The van der Waals surface area contributed by atoms with E-state index in [-0.39, 0.29) is 0 Å². The lowest BCUT2D eigenvalue weighted by molar-refractivity contribution is 0.172. The number of ether oxygens (including phenoxy) is 1. The summed E-state index contributed by atoms with van der Waals surface area (Å²) in [5, 5.41) is 8.60. The van der Waals surface area contributed by atoms with Crippen LogP contribution in [-0.4, -0.2) is 25.1 Å². The molecule has 4 nitrogen and oxygen atoms in total. The number of amides is 1. The van der Waals surface area contributed by atoms with Gasteiger partial charge < -0.3 is 9.64 Å². The summed E-state index contributed by atoms with van der Waals surface area (Å²) in [7, 11) is 3.19. The van der Waals surface area contributed by atoms with Crippen molar-refractivity contribution < 1.29 is 9.53 Å². The molecule has 0 aromatic heterocycles. The van der Waals surface area contributed by atoms with Crippen LogP contribution in [0.2, 0.25) is 0 Å². The van der Waals surface area contributed by atoms with Gasteiger partial charge in [0.15, 0.2) is 0 Å². The van der Waals surface area contributed by atoms with E-state index in [1.807, 2.05) is 6.07 Å². The van der Waals surface area contributed by atoms with Gasteiger partial charge >= 0.3 is 6.09 Å². The van der Waals surface area contributed by atoms with Crippen LogP contribution in [0.15, 0.2) is 24.3 Å². The van der Waals surface area contributed by atoms with Crippen molar-refractivity contribution in [3.05, 3.63) is 29.8 Å². The Morgan fingerprint density at radius 2 is 2.21 bits per heavy atom. The first-order valence-electron chi connectivity index (χ1n) is 4.03. The van der Waals surface area contributed by atoms with Gasteiger partial charge in [-0.05, 0) is 18.2 Å². The average molecular weight is 190 g/mol. The maximum Gasteiger partial charge on any atom is 0.414 e. The van der Waals surface area contributed by atoms with E-state index in [0.29, 0.717) is 11.3 Å². The summed E-state index contributed by atoms with van der Waals surface area (Å²) in [6, 6.07) is 8.42. The molecule has 0 unspecified atom stereocenters. The summed E-state index contributed by atoms with van der Waals surface area (Å²) < 4.78 is 4.95. The molecule has 0 spiro atoms. The Bertz CT molecular complexity index is 380. The first-order chi connectivity index (χ1) is 6.63. The SMILES string of the molecule is CN(C)C(=O)Oc1cccc(C#N)c1. The molecule has 1 aromatic rings. The molecule has 0 fully saturated rings. The van der Waals surface area contributed by atoms with Gasteiger partial charge in [0, 0.05) is 14.1 Å². The summed E-state index contributed by atoms with van der Waals surface area (Å²) in [5.41, 5.74) is 0.467. The van der Waals surface area contributed by atoms with Crippen molar-refractivity contribution in [3.63, 3.8) is 0 Å². The van der Waals surface area contributed by atoms with Crippen molar-refractivity contribution in [3.8, 4) is 11.8 Å². The first-order valence-corrected chi connectivity index (χ1v) is 4.03. The molecule has 0 aliphatic heterocycles. The molecular weight excluding hydrogens is 180 g/mol. The van der Waals surface area contributed by atoms with E-state index in [2.05, 4.69) is 0 Å². The van der Waals surface area contributed by atoms with Gasteiger partial charge in [-0.15, -0.1) is 0 Å². The van der Waals surface area contributed by atoms with Crippen LogP contribution in [0.25, 0.3) is 0 Å². The normalized spacial score (nSPS) is 8.93. The zero-order valence-corrected chi connectivity index (χ0v) is 8.02. The Balaban J connectivity index is 2.78. The number of carbonyl (C=O) groups is 1. The monoisotopic (exact) mass is 190 g/mol. The predicted octanol–water partition coefficient (Wildman–Crippen LogP) is 1.62. The van der Waals surface area contributed by atoms with E-state index in [1.54, 1.807) is 32.3 Å². The van der Waals surface area contributed by atoms with Crippen LogP contribution < -0.4 is 4.74 Å². The summed E-state index contributed by atoms with van der Waals surface area (Å²) in [6.45, 7) is 0. The van der Waals surface area contributed by atoms with Gasteiger partial charge in [-0.3, -0.25) is 0 Å². The lowest BCUT2D eigenvalue weighted by atomic mass is 10.2. The predicted molar refractivity (Wildman–Crippen MR) is 50.9 cm³/mol. The van der Waals surface area contributed by atoms with Crippen LogP contribution in [0.3, 0.4) is 0 Å². The van der Waals surface area contributed by atoms with Crippen molar-refractivity contribution in [2.75, 3.05) is 14.1 Å². The van der Waals surface area contributed by atoms with Crippen molar-refractivity contribution in [2.24, 2.45) is 0 Å². The largest absolute Gasteiger partial charge is 0.414 e. The van der Waals surface area contributed by atoms with E-state index < -0.39 is 6.09 Å². The fourth-order valence-electron chi connectivity index (χ4n) is 0.821. The third-order valence-electron chi connectivity index (χ3n) is 1.53. The summed E-state index contributed by atoms with van der Waals surface area (Å²) in [6.07, 6.45) is -0.458. The molecule has 4 heteroatoms. The van der Waals surface area contributed by atoms with Crippen molar-refractivity contribution in [1.82, 2.24) is 4.90 Å². The molecule has 1 rings (SSSR count). The van der Waals surface area contributed by atoms with Crippen LogP contribution in [0.4, 0.5) is 4.79 Å². The molecule has 0 radical (unpaired) electrons. The second-order valence-corrected chi connectivity index (χ2v) is 2.90. The zero-order valence-electron chi connectivity index (χ0n) is 8.02. The van der Waals surface area contributed by atoms with Gasteiger partial charge in [0.25, 0.3) is 0 Å². The highest BCUT2D eigenvalue weighted by Gasteiger charge is 2.06. The van der Waals surface area contributed by atoms with Gasteiger partial charge in [-0.1, -0.05) is 6.07 Å². The molecule has 0 heterocycles. The number of rotatable bonds is 1. The van der Waals surface area contributed by atoms with Crippen LogP contribution in [-0.2, 0) is 0 Å². The maximum absolute atomic E-state index is 11.1. The standard InChI is InChI=1S/C10H10N2O2/c1-12(2)10(13)14-9-5-3-4-8(6-9)7-11/h3-6H,1-2H3. The maximum atomic E-state index is 11.1. The van der Waals surface area contributed by atoms with Gasteiger partial charge in [0.05, 0.1) is 11.6 Å². The van der Waals surface area contributed by atoms with E-state index in [1.165, 1.54) is 11.0 Å². The third-order valence-corrected chi connectivity index (χ3v) is 1.53. The Kier molecular flexibility index (Phi) is 3.08. The summed E-state index contributed by atoms with van der Waals surface area (Å²) in [4.78, 5) is 12.5. The topological polar surface area (TPSA) is 53.3 Å². The minimum atomic E-state index is -0.458. The molecule has 14 heavy (non-hydrogen) atoms. The molecule has 0 aliphatic rings. The van der Waals surface area contributed by atoms with Gasteiger partial charge in [0.1, 0.15) is 5.75 Å². The number of benzene rings is 1. The Labute approximate surface area is 82.3 Å². The molecule has 0 N–H and O–H groups in total. The Morgan fingerprint density at radius 1 is 1.50 bits per heavy atom. The molecule has 72 valence electrons. The lowest BCUT2D eigenvalue weighted by Crippen LogP contribution is -2.25. The molecule has 0 saturated carbocycles. The molecule has 0 saturated heterocycles. The van der Waals surface area contributed by atoms with E-state index in [4.69, 9.17) is 10.00 Å². The average Bonchev–Trinajstić information content (AvgIpc) is 2.18. The number of nitriles is 1. The minimum Gasteiger partial charge on any atom is -0.410 e. The third kappa shape index (κ3) is 2.49. The molecule has 0 atom stereocenters. The highest BCUT2D eigenvalue weighted by molar-refractivity contribution is 5.70. The lowest BCUT2D eigenvalue weighted by Gasteiger charge is -2.10. The Hall–Kier alpha value is -2.02. The van der Waals surface area contributed by atoms with Crippen LogP contribution >= 0.6 is 0 Å².